The highest BCUT2D eigenvalue weighted by atomic mass is 16.5. The Morgan fingerprint density at radius 2 is 2.00 bits per heavy atom. The van der Waals surface area contributed by atoms with Crippen LogP contribution in [0.1, 0.15) is 46.5 Å². The summed E-state index contributed by atoms with van der Waals surface area (Å²) in [7, 11) is 0. The number of carbonyl (C=O) groups is 2. The van der Waals surface area contributed by atoms with Crippen LogP contribution in [0.2, 0.25) is 0 Å². The van der Waals surface area contributed by atoms with Gasteiger partial charge in [-0.05, 0) is 18.3 Å². The summed E-state index contributed by atoms with van der Waals surface area (Å²) in [4.78, 5) is 21.7. The lowest BCUT2D eigenvalue weighted by molar-refractivity contribution is -0.132. The molecule has 0 saturated carbocycles. The number of aliphatic hydroxyl groups excluding tert-OH is 1. The fourth-order valence-electron chi connectivity index (χ4n) is 1.61. The van der Waals surface area contributed by atoms with Gasteiger partial charge in [0.2, 0.25) is 5.91 Å². The summed E-state index contributed by atoms with van der Waals surface area (Å²) in [5.74, 6) is -1.23. The molecule has 17 heavy (non-hydrogen) atoms. The van der Waals surface area contributed by atoms with E-state index in [1.165, 1.54) is 5.48 Å². The van der Waals surface area contributed by atoms with Crippen molar-refractivity contribution in [2.24, 2.45) is 11.3 Å². The zero-order valence-corrected chi connectivity index (χ0v) is 10.8. The Morgan fingerprint density at radius 3 is 2.41 bits per heavy atom. The second-order valence-electron chi connectivity index (χ2n) is 5.56. The molecule has 2 atom stereocenters. The van der Waals surface area contributed by atoms with E-state index in [0.717, 1.165) is 12.8 Å². The van der Waals surface area contributed by atoms with Crippen LogP contribution in [-0.2, 0) is 9.59 Å². The van der Waals surface area contributed by atoms with Crippen LogP contribution in [0.25, 0.3) is 0 Å². The Morgan fingerprint density at radius 1 is 1.41 bits per heavy atom. The maximum Gasteiger partial charge on any atom is 0.245 e. The summed E-state index contributed by atoms with van der Waals surface area (Å²) in [6.07, 6.45) is 1.73. The zero-order valence-electron chi connectivity index (χ0n) is 10.8. The predicted molar refractivity (Wildman–Crippen MR) is 63.4 cm³/mol. The van der Waals surface area contributed by atoms with Crippen molar-refractivity contribution in [1.29, 1.82) is 0 Å². The number of carbonyl (C=O) groups excluding carboxylic acids is 2. The topological polar surface area (TPSA) is 86.6 Å². The van der Waals surface area contributed by atoms with Gasteiger partial charge in [0.15, 0.2) is 0 Å². The first kappa shape index (κ1) is 16.1. The van der Waals surface area contributed by atoms with E-state index in [2.05, 4.69) is 20.8 Å². The normalized spacial score (nSPS) is 15.1. The third-order valence-corrected chi connectivity index (χ3v) is 2.65. The second kappa shape index (κ2) is 7.40. The molecule has 5 nitrogen and oxygen atoms in total. The standard InChI is InChI=1S/C12H23NO4/c1-12(2,3)6-4-5-9(8-14)10(15)7-11(16)13-17/h8-10,15,17H,4-7H2,1-3H3,(H,13,16)/t9-,10+/m0/s1. The van der Waals surface area contributed by atoms with E-state index in [9.17, 15) is 14.7 Å². The van der Waals surface area contributed by atoms with Crippen molar-refractivity contribution in [3.8, 4) is 0 Å². The predicted octanol–water partition coefficient (Wildman–Crippen LogP) is 1.27. The largest absolute Gasteiger partial charge is 0.392 e. The molecule has 0 spiro atoms. The molecule has 1 amide bonds. The van der Waals surface area contributed by atoms with E-state index in [1.807, 2.05) is 0 Å². The minimum absolute atomic E-state index is 0.195. The van der Waals surface area contributed by atoms with Crippen molar-refractivity contribution in [2.45, 2.75) is 52.6 Å². The molecule has 0 bridgehead atoms. The summed E-state index contributed by atoms with van der Waals surface area (Å²) < 4.78 is 0. The van der Waals surface area contributed by atoms with Crippen LogP contribution in [0.4, 0.5) is 0 Å². The van der Waals surface area contributed by atoms with Crippen LogP contribution in [0.15, 0.2) is 0 Å². The molecule has 3 N–H and O–H groups in total. The van der Waals surface area contributed by atoms with Gasteiger partial charge >= 0.3 is 0 Å². The number of hydrogen-bond donors (Lipinski definition) is 3. The van der Waals surface area contributed by atoms with Gasteiger partial charge < -0.3 is 9.90 Å². The van der Waals surface area contributed by atoms with Crippen molar-refractivity contribution in [1.82, 2.24) is 5.48 Å². The number of amides is 1. The lowest BCUT2D eigenvalue weighted by Gasteiger charge is -2.21. The van der Waals surface area contributed by atoms with E-state index in [-0.39, 0.29) is 11.8 Å². The van der Waals surface area contributed by atoms with Gasteiger partial charge in [-0.15, -0.1) is 0 Å². The Balaban J connectivity index is 4.06. The molecule has 0 fully saturated rings. The first-order chi connectivity index (χ1) is 7.80. The molecule has 0 rings (SSSR count). The molecule has 0 aliphatic heterocycles. The average molecular weight is 245 g/mol. The molecule has 0 heterocycles. The van der Waals surface area contributed by atoms with Gasteiger partial charge in [0.05, 0.1) is 12.5 Å². The summed E-state index contributed by atoms with van der Waals surface area (Å²) in [5.41, 5.74) is 1.64. The van der Waals surface area contributed by atoms with Gasteiger partial charge in [0.25, 0.3) is 0 Å². The number of rotatable bonds is 7. The van der Waals surface area contributed by atoms with Crippen LogP contribution in [-0.4, -0.2) is 28.6 Å². The number of aliphatic hydroxyl groups is 1. The monoisotopic (exact) mass is 245 g/mol. The van der Waals surface area contributed by atoms with Gasteiger partial charge in [-0.25, -0.2) is 5.48 Å². The molecular weight excluding hydrogens is 222 g/mol. The molecule has 0 saturated heterocycles. The first-order valence-electron chi connectivity index (χ1n) is 5.86. The van der Waals surface area contributed by atoms with Gasteiger partial charge in [0.1, 0.15) is 6.29 Å². The molecule has 0 aliphatic rings. The molecule has 0 unspecified atom stereocenters. The Bertz CT molecular complexity index is 247. The number of aldehydes is 1. The minimum atomic E-state index is -1.03. The molecule has 0 aromatic carbocycles. The van der Waals surface area contributed by atoms with Crippen molar-refractivity contribution in [2.75, 3.05) is 0 Å². The molecule has 0 radical (unpaired) electrons. The Hall–Kier alpha value is -0.940. The maximum absolute atomic E-state index is 10.8. The number of nitrogens with one attached hydrogen (secondary N) is 1. The molecule has 0 aromatic heterocycles. The Kier molecular flexibility index (Phi) is 6.99. The third kappa shape index (κ3) is 7.88. The van der Waals surface area contributed by atoms with Gasteiger partial charge in [-0.3, -0.25) is 10.0 Å². The van der Waals surface area contributed by atoms with Crippen LogP contribution in [0.3, 0.4) is 0 Å². The molecular formula is C12H23NO4. The van der Waals surface area contributed by atoms with E-state index in [1.54, 1.807) is 0 Å². The fraction of sp³-hybridized carbons (Fsp3) is 0.833. The first-order valence-corrected chi connectivity index (χ1v) is 5.86. The number of hydroxylamine groups is 1. The summed E-state index contributed by atoms with van der Waals surface area (Å²) in [5, 5.41) is 18.0. The lowest BCUT2D eigenvalue weighted by atomic mass is 9.86. The van der Waals surface area contributed by atoms with Crippen molar-refractivity contribution >= 4 is 12.2 Å². The highest BCUT2D eigenvalue weighted by molar-refractivity contribution is 5.75. The van der Waals surface area contributed by atoms with Crippen LogP contribution < -0.4 is 5.48 Å². The lowest BCUT2D eigenvalue weighted by Crippen LogP contribution is -2.30. The van der Waals surface area contributed by atoms with Crippen LogP contribution in [0, 0.1) is 11.3 Å². The quantitative estimate of drug-likeness (QED) is 0.358. The third-order valence-electron chi connectivity index (χ3n) is 2.65. The average Bonchev–Trinajstić information content (AvgIpc) is 2.22. The molecule has 5 heteroatoms. The summed E-state index contributed by atoms with van der Waals surface area (Å²) in [6, 6.07) is 0. The summed E-state index contributed by atoms with van der Waals surface area (Å²) in [6.45, 7) is 6.33. The van der Waals surface area contributed by atoms with Crippen molar-refractivity contribution in [3.63, 3.8) is 0 Å². The Labute approximate surface area is 102 Å². The van der Waals surface area contributed by atoms with E-state index in [0.29, 0.717) is 12.7 Å². The molecule has 0 aromatic rings. The van der Waals surface area contributed by atoms with E-state index in [4.69, 9.17) is 5.21 Å². The summed E-state index contributed by atoms with van der Waals surface area (Å²) >= 11 is 0. The minimum Gasteiger partial charge on any atom is -0.392 e. The second-order valence-corrected chi connectivity index (χ2v) is 5.56. The van der Waals surface area contributed by atoms with Crippen LogP contribution >= 0.6 is 0 Å². The van der Waals surface area contributed by atoms with E-state index >= 15 is 0 Å². The van der Waals surface area contributed by atoms with Gasteiger partial charge in [-0.1, -0.05) is 27.2 Å². The molecule has 100 valence electrons. The molecule has 0 aliphatic carbocycles. The van der Waals surface area contributed by atoms with Gasteiger partial charge in [0, 0.05) is 5.92 Å². The number of hydrogen-bond acceptors (Lipinski definition) is 4. The smallest absolute Gasteiger partial charge is 0.245 e. The fourth-order valence-corrected chi connectivity index (χ4v) is 1.61. The SMILES string of the molecule is CC(C)(C)CCC[C@@H](C=O)[C@H](O)CC(=O)NO. The highest BCUT2D eigenvalue weighted by Crippen LogP contribution is 2.24. The van der Waals surface area contributed by atoms with E-state index < -0.39 is 17.9 Å². The van der Waals surface area contributed by atoms with Crippen molar-refractivity contribution in [3.05, 3.63) is 0 Å². The highest BCUT2D eigenvalue weighted by Gasteiger charge is 2.22. The van der Waals surface area contributed by atoms with Crippen molar-refractivity contribution < 1.29 is 19.9 Å². The van der Waals surface area contributed by atoms with Gasteiger partial charge in [-0.2, -0.15) is 0 Å². The van der Waals surface area contributed by atoms with Crippen LogP contribution in [0.5, 0.6) is 0 Å². The maximum atomic E-state index is 10.8. The zero-order chi connectivity index (χ0) is 13.5.